The molecule has 100 valence electrons. The number of hydrogen-bond acceptors (Lipinski definition) is 2. The quantitative estimate of drug-likeness (QED) is 0.807. The Balaban J connectivity index is 2.36. The maximum atomic E-state index is 13.0. The summed E-state index contributed by atoms with van der Waals surface area (Å²) in [5, 5.41) is 0. The van der Waals surface area contributed by atoms with Gasteiger partial charge in [0.25, 0.3) is 0 Å². The molecule has 2 nitrogen and oxygen atoms in total. The van der Waals surface area contributed by atoms with Crippen LogP contribution in [0, 0.1) is 5.82 Å². The van der Waals surface area contributed by atoms with E-state index in [0.717, 1.165) is 17.1 Å². The lowest BCUT2D eigenvalue weighted by molar-refractivity contribution is 0.415. The molecule has 0 aliphatic carbocycles. The molecule has 2 aromatic rings. The number of benzene rings is 2. The smallest absolute Gasteiger partial charge is 0.123 e. The lowest BCUT2D eigenvalue weighted by Crippen LogP contribution is -2.25. The maximum absolute atomic E-state index is 13.0. The van der Waals surface area contributed by atoms with Gasteiger partial charge >= 0.3 is 0 Å². The van der Waals surface area contributed by atoms with E-state index in [2.05, 4.69) is 18.7 Å². The van der Waals surface area contributed by atoms with Crippen LogP contribution in [0.1, 0.15) is 13.8 Å². The Morgan fingerprint density at radius 1 is 0.895 bits per heavy atom. The molecule has 0 saturated carbocycles. The van der Waals surface area contributed by atoms with Crippen molar-refractivity contribution in [2.75, 3.05) is 12.0 Å². The third-order valence-electron chi connectivity index (χ3n) is 2.97. The highest BCUT2D eigenvalue weighted by molar-refractivity contribution is 5.64. The molecule has 0 atom stereocenters. The first kappa shape index (κ1) is 13.4. The van der Waals surface area contributed by atoms with Gasteiger partial charge < -0.3 is 9.64 Å². The standard InChI is InChI=1S/C16H18FNO/c1-12(2)18(14-6-4-13(17)5-7-14)15-8-10-16(19-3)11-9-15/h4-12H,1-3H3. The van der Waals surface area contributed by atoms with Crippen LogP contribution >= 0.6 is 0 Å². The van der Waals surface area contributed by atoms with E-state index in [0.29, 0.717) is 0 Å². The Morgan fingerprint density at radius 3 is 1.79 bits per heavy atom. The minimum Gasteiger partial charge on any atom is -0.497 e. The molecule has 0 aliphatic rings. The van der Waals surface area contributed by atoms with Crippen LogP contribution in [0.3, 0.4) is 0 Å². The fourth-order valence-corrected chi connectivity index (χ4v) is 2.09. The van der Waals surface area contributed by atoms with Crippen molar-refractivity contribution in [3.8, 4) is 5.75 Å². The maximum Gasteiger partial charge on any atom is 0.123 e. The van der Waals surface area contributed by atoms with Crippen molar-refractivity contribution in [1.82, 2.24) is 0 Å². The molecular formula is C16H18FNO. The third-order valence-corrected chi connectivity index (χ3v) is 2.97. The van der Waals surface area contributed by atoms with Crippen molar-refractivity contribution in [3.63, 3.8) is 0 Å². The zero-order valence-corrected chi connectivity index (χ0v) is 11.4. The molecule has 0 saturated heterocycles. The van der Waals surface area contributed by atoms with Crippen molar-refractivity contribution >= 4 is 11.4 Å². The van der Waals surface area contributed by atoms with E-state index < -0.39 is 0 Å². The highest BCUT2D eigenvalue weighted by Crippen LogP contribution is 2.29. The summed E-state index contributed by atoms with van der Waals surface area (Å²) < 4.78 is 18.2. The number of nitrogens with zero attached hydrogens (tertiary/aromatic N) is 1. The van der Waals surface area contributed by atoms with E-state index in [4.69, 9.17) is 4.74 Å². The van der Waals surface area contributed by atoms with Gasteiger partial charge in [-0.3, -0.25) is 0 Å². The van der Waals surface area contributed by atoms with Gasteiger partial charge in [-0.1, -0.05) is 0 Å². The van der Waals surface area contributed by atoms with Gasteiger partial charge in [-0.15, -0.1) is 0 Å². The third kappa shape index (κ3) is 3.05. The van der Waals surface area contributed by atoms with Gasteiger partial charge in [-0.05, 0) is 62.4 Å². The molecule has 3 heteroatoms. The van der Waals surface area contributed by atoms with E-state index in [1.807, 2.05) is 24.3 Å². The Labute approximate surface area is 113 Å². The SMILES string of the molecule is COc1ccc(N(c2ccc(F)cc2)C(C)C)cc1. The monoisotopic (exact) mass is 259 g/mol. The second kappa shape index (κ2) is 5.74. The van der Waals surface area contributed by atoms with Gasteiger partial charge in [-0.25, -0.2) is 4.39 Å². The highest BCUT2D eigenvalue weighted by Gasteiger charge is 2.13. The van der Waals surface area contributed by atoms with Crippen LogP contribution in [0.4, 0.5) is 15.8 Å². The average molecular weight is 259 g/mol. The van der Waals surface area contributed by atoms with Crippen LogP contribution in [0.2, 0.25) is 0 Å². The molecule has 0 aliphatic heterocycles. The zero-order chi connectivity index (χ0) is 13.8. The summed E-state index contributed by atoms with van der Waals surface area (Å²) in [4.78, 5) is 2.15. The van der Waals surface area contributed by atoms with Gasteiger partial charge in [0.05, 0.1) is 7.11 Å². The van der Waals surface area contributed by atoms with E-state index in [1.165, 1.54) is 12.1 Å². The van der Waals surface area contributed by atoms with Crippen molar-refractivity contribution in [1.29, 1.82) is 0 Å². The van der Waals surface area contributed by atoms with Crippen LogP contribution in [-0.2, 0) is 0 Å². The summed E-state index contributed by atoms with van der Waals surface area (Å²) in [5.41, 5.74) is 2.03. The molecule has 0 bridgehead atoms. The van der Waals surface area contributed by atoms with Crippen LogP contribution in [0.25, 0.3) is 0 Å². The fourth-order valence-electron chi connectivity index (χ4n) is 2.09. The van der Waals surface area contributed by atoms with Gasteiger partial charge in [0.2, 0.25) is 0 Å². The summed E-state index contributed by atoms with van der Waals surface area (Å²) in [7, 11) is 1.65. The number of methoxy groups -OCH3 is 1. The topological polar surface area (TPSA) is 12.5 Å². The van der Waals surface area contributed by atoms with Crippen LogP contribution in [0.5, 0.6) is 5.75 Å². The molecule has 0 N–H and O–H groups in total. The lowest BCUT2D eigenvalue weighted by atomic mass is 10.2. The predicted octanol–water partition coefficient (Wildman–Crippen LogP) is 4.38. The van der Waals surface area contributed by atoms with Crippen molar-refractivity contribution < 1.29 is 9.13 Å². The summed E-state index contributed by atoms with van der Waals surface area (Å²) in [6.45, 7) is 4.21. The van der Waals surface area contributed by atoms with Crippen molar-refractivity contribution in [3.05, 3.63) is 54.3 Å². The second-order valence-electron chi connectivity index (χ2n) is 4.64. The summed E-state index contributed by atoms with van der Waals surface area (Å²) in [6, 6.07) is 14.7. The Hall–Kier alpha value is -2.03. The number of ether oxygens (including phenoxy) is 1. The van der Waals surface area contributed by atoms with Gasteiger partial charge in [0.15, 0.2) is 0 Å². The molecule has 0 fully saturated rings. The van der Waals surface area contributed by atoms with Crippen LogP contribution < -0.4 is 9.64 Å². The number of halogens is 1. The first-order valence-corrected chi connectivity index (χ1v) is 6.30. The number of hydrogen-bond donors (Lipinski definition) is 0. The largest absolute Gasteiger partial charge is 0.497 e. The first-order chi connectivity index (χ1) is 9.11. The van der Waals surface area contributed by atoms with Gasteiger partial charge in [0, 0.05) is 17.4 Å². The van der Waals surface area contributed by atoms with Gasteiger partial charge in [-0.2, -0.15) is 0 Å². The van der Waals surface area contributed by atoms with E-state index >= 15 is 0 Å². The molecule has 19 heavy (non-hydrogen) atoms. The molecule has 2 aromatic carbocycles. The normalized spacial score (nSPS) is 10.6. The van der Waals surface area contributed by atoms with Crippen molar-refractivity contribution in [2.24, 2.45) is 0 Å². The minimum atomic E-state index is -0.220. The van der Waals surface area contributed by atoms with Crippen LogP contribution in [-0.4, -0.2) is 13.2 Å². The molecule has 0 heterocycles. The molecule has 0 radical (unpaired) electrons. The number of rotatable bonds is 4. The zero-order valence-electron chi connectivity index (χ0n) is 11.4. The second-order valence-corrected chi connectivity index (χ2v) is 4.64. The predicted molar refractivity (Wildman–Crippen MR) is 76.7 cm³/mol. The summed E-state index contributed by atoms with van der Waals surface area (Å²) >= 11 is 0. The Kier molecular flexibility index (Phi) is 4.05. The minimum absolute atomic E-state index is 0.220. The van der Waals surface area contributed by atoms with E-state index in [-0.39, 0.29) is 11.9 Å². The fraction of sp³-hybridized carbons (Fsp3) is 0.250. The molecule has 0 amide bonds. The number of anilines is 2. The highest BCUT2D eigenvalue weighted by atomic mass is 19.1. The summed E-state index contributed by atoms with van der Waals surface area (Å²) in [5.74, 6) is 0.605. The lowest BCUT2D eigenvalue weighted by Gasteiger charge is -2.29. The van der Waals surface area contributed by atoms with Crippen molar-refractivity contribution in [2.45, 2.75) is 19.9 Å². The molecule has 0 unspecified atom stereocenters. The molecule has 0 aromatic heterocycles. The molecular weight excluding hydrogens is 241 g/mol. The van der Waals surface area contributed by atoms with Gasteiger partial charge in [0.1, 0.15) is 11.6 Å². The van der Waals surface area contributed by atoms with E-state index in [9.17, 15) is 4.39 Å². The molecule has 2 rings (SSSR count). The Bertz CT molecular complexity index is 519. The average Bonchev–Trinajstić information content (AvgIpc) is 2.42. The van der Waals surface area contributed by atoms with Crippen LogP contribution in [0.15, 0.2) is 48.5 Å². The Morgan fingerprint density at radius 2 is 1.37 bits per heavy atom. The molecule has 0 spiro atoms. The first-order valence-electron chi connectivity index (χ1n) is 6.30. The summed E-state index contributed by atoms with van der Waals surface area (Å²) in [6.07, 6.45) is 0. The van der Waals surface area contributed by atoms with E-state index in [1.54, 1.807) is 19.2 Å².